The summed E-state index contributed by atoms with van der Waals surface area (Å²) in [5.74, 6) is 1.09. The predicted molar refractivity (Wildman–Crippen MR) is 188 cm³/mol. The number of hydrogen-bond donors (Lipinski definition) is 0. The summed E-state index contributed by atoms with van der Waals surface area (Å²) in [6, 6.07) is 37.6. The Balaban J connectivity index is 1.22. The maximum Gasteiger partial charge on any atom is 0.179 e. The van der Waals surface area contributed by atoms with Gasteiger partial charge >= 0.3 is 0 Å². The zero-order valence-electron chi connectivity index (χ0n) is 25.7. The van der Waals surface area contributed by atoms with E-state index in [-0.39, 0.29) is 0 Å². The topological polar surface area (TPSA) is 64.5 Å². The summed E-state index contributed by atoms with van der Waals surface area (Å²) in [5, 5.41) is 2.16. The number of benzene rings is 3. The van der Waals surface area contributed by atoms with E-state index >= 15 is 0 Å². The van der Waals surface area contributed by atoms with E-state index in [1.165, 1.54) is 5.57 Å². The molecular weight excluding hydrogens is 562 g/mol. The molecule has 0 saturated heterocycles. The Bertz CT molecular complexity index is 2290. The number of nitrogens with zero attached hydrogens (tertiary/aromatic N) is 5. The number of rotatable bonds is 5. The summed E-state index contributed by atoms with van der Waals surface area (Å²) < 4.78 is 0. The molecule has 0 bridgehead atoms. The number of aromatic nitrogens is 5. The van der Waals surface area contributed by atoms with Crippen LogP contribution in [-0.2, 0) is 0 Å². The molecule has 5 nitrogen and oxygen atoms in total. The average molecular weight is 594 g/mol. The minimum atomic E-state index is 0.465. The van der Waals surface area contributed by atoms with Gasteiger partial charge in [0.2, 0.25) is 0 Å². The van der Waals surface area contributed by atoms with Crippen LogP contribution in [0.3, 0.4) is 0 Å². The second-order valence-electron chi connectivity index (χ2n) is 11.9. The van der Waals surface area contributed by atoms with Crippen LogP contribution in [0.15, 0.2) is 134 Å². The lowest BCUT2D eigenvalue weighted by atomic mass is 9.93. The molecule has 0 fully saturated rings. The Labute approximate surface area is 268 Å². The quantitative estimate of drug-likeness (QED) is 0.186. The number of pyridine rings is 3. The van der Waals surface area contributed by atoms with Gasteiger partial charge in [0.25, 0.3) is 0 Å². The zero-order chi connectivity index (χ0) is 31.0. The van der Waals surface area contributed by atoms with Gasteiger partial charge in [-0.05, 0) is 66.3 Å². The summed E-state index contributed by atoms with van der Waals surface area (Å²) in [4.78, 5) is 24.6. The summed E-state index contributed by atoms with van der Waals surface area (Å²) in [6.07, 6.45) is 9.25. The molecule has 4 aromatic heterocycles. The van der Waals surface area contributed by atoms with Crippen molar-refractivity contribution in [3.05, 3.63) is 145 Å². The van der Waals surface area contributed by atoms with Crippen LogP contribution in [0.25, 0.3) is 72.5 Å². The molecule has 0 spiro atoms. The van der Waals surface area contributed by atoms with E-state index in [2.05, 4.69) is 110 Å². The van der Waals surface area contributed by atoms with Gasteiger partial charge in [0.05, 0.1) is 28.1 Å². The SMILES string of the molecule is Cc1cc(-c2ccc(-c3cc(C4=CC=CC(C)C4)nc(-c4ccccn4)n3)cc2)c2ccc3ccc(-c4ccccc4)nc3c2n1. The molecule has 220 valence electrons. The molecule has 3 aromatic carbocycles. The van der Waals surface area contributed by atoms with E-state index in [1.807, 2.05) is 36.4 Å². The standard InChI is InChI=1S/C41H31N5/c1-26-9-8-12-32(23-26)38-25-37(45-41(46-38)36-13-6-7-22-42-36)30-16-14-28(15-17-30)34-24-27(2)43-40-33(34)20-18-31-19-21-35(44-39(31)40)29-10-4-3-5-11-29/h3-22,24-26H,23H2,1-2H3. The summed E-state index contributed by atoms with van der Waals surface area (Å²) in [7, 11) is 0. The summed E-state index contributed by atoms with van der Waals surface area (Å²) >= 11 is 0. The van der Waals surface area contributed by atoms with Gasteiger partial charge in [-0.15, -0.1) is 0 Å². The lowest BCUT2D eigenvalue weighted by Crippen LogP contribution is -2.03. The molecule has 1 unspecified atom stereocenters. The lowest BCUT2D eigenvalue weighted by Gasteiger charge is -2.16. The van der Waals surface area contributed by atoms with Gasteiger partial charge in [0.1, 0.15) is 5.69 Å². The Morgan fingerprint density at radius 1 is 0.609 bits per heavy atom. The maximum absolute atomic E-state index is 5.10. The number of hydrogen-bond acceptors (Lipinski definition) is 5. The normalized spacial score (nSPS) is 14.5. The van der Waals surface area contributed by atoms with Gasteiger partial charge < -0.3 is 0 Å². The van der Waals surface area contributed by atoms with Gasteiger partial charge in [-0.2, -0.15) is 0 Å². The fraction of sp³-hybridized carbons (Fsp3) is 0.0976. The first-order chi connectivity index (χ1) is 22.6. The van der Waals surface area contributed by atoms with E-state index in [0.29, 0.717) is 11.7 Å². The van der Waals surface area contributed by atoms with Crippen molar-refractivity contribution >= 4 is 27.4 Å². The highest BCUT2D eigenvalue weighted by atomic mass is 14.9. The molecule has 8 rings (SSSR count). The van der Waals surface area contributed by atoms with E-state index in [4.69, 9.17) is 19.9 Å². The van der Waals surface area contributed by atoms with Crippen LogP contribution in [0.2, 0.25) is 0 Å². The first-order valence-corrected chi connectivity index (χ1v) is 15.6. The minimum absolute atomic E-state index is 0.465. The molecular formula is C41H31N5. The van der Waals surface area contributed by atoms with Crippen molar-refractivity contribution in [3.8, 4) is 45.2 Å². The van der Waals surface area contributed by atoms with Crippen LogP contribution >= 0.6 is 0 Å². The van der Waals surface area contributed by atoms with Gasteiger partial charge in [0.15, 0.2) is 5.82 Å². The Morgan fingerprint density at radius 3 is 2.17 bits per heavy atom. The molecule has 0 aliphatic heterocycles. The molecule has 1 aliphatic rings. The second-order valence-corrected chi connectivity index (χ2v) is 11.9. The Morgan fingerprint density at radius 2 is 1.37 bits per heavy atom. The maximum atomic E-state index is 5.10. The van der Waals surface area contributed by atoms with E-state index in [1.54, 1.807) is 6.20 Å². The molecule has 1 aliphatic carbocycles. The molecule has 0 saturated carbocycles. The third-order valence-corrected chi connectivity index (χ3v) is 8.56. The number of fused-ring (bicyclic) bond motifs is 3. The zero-order valence-corrected chi connectivity index (χ0v) is 25.7. The van der Waals surface area contributed by atoms with Crippen molar-refractivity contribution in [2.75, 3.05) is 0 Å². The van der Waals surface area contributed by atoms with Crippen LogP contribution in [0, 0.1) is 12.8 Å². The van der Waals surface area contributed by atoms with Crippen molar-refractivity contribution in [2.45, 2.75) is 20.3 Å². The van der Waals surface area contributed by atoms with Crippen molar-refractivity contribution in [1.29, 1.82) is 0 Å². The number of allylic oxidation sites excluding steroid dienone is 4. The molecule has 0 radical (unpaired) electrons. The highest BCUT2D eigenvalue weighted by molar-refractivity contribution is 6.08. The molecule has 7 aromatic rings. The molecule has 1 atom stereocenters. The van der Waals surface area contributed by atoms with Crippen molar-refractivity contribution in [3.63, 3.8) is 0 Å². The van der Waals surface area contributed by atoms with Gasteiger partial charge in [-0.1, -0.05) is 104 Å². The van der Waals surface area contributed by atoms with Gasteiger partial charge in [0, 0.05) is 33.8 Å². The minimum Gasteiger partial charge on any atom is -0.253 e. The van der Waals surface area contributed by atoms with Crippen molar-refractivity contribution < 1.29 is 0 Å². The molecule has 0 amide bonds. The van der Waals surface area contributed by atoms with Crippen LogP contribution in [0.5, 0.6) is 0 Å². The van der Waals surface area contributed by atoms with Crippen LogP contribution in [0.1, 0.15) is 24.7 Å². The Kier molecular flexibility index (Phi) is 6.99. The predicted octanol–water partition coefficient (Wildman–Crippen LogP) is 9.92. The first kappa shape index (κ1) is 27.7. The van der Waals surface area contributed by atoms with E-state index in [0.717, 1.165) is 79.0 Å². The van der Waals surface area contributed by atoms with Crippen molar-refractivity contribution in [1.82, 2.24) is 24.9 Å². The lowest BCUT2D eigenvalue weighted by molar-refractivity contribution is 0.746. The monoisotopic (exact) mass is 593 g/mol. The van der Waals surface area contributed by atoms with E-state index < -0.39 is 0 Å². The van der Waals surface area contributed by atoms with E-state index in [9.17, 15) is 0 Å². The number of aryl methyl sites for hydroxylation is 1. The fourth-order valence-electron chi connectivity index (χ4n) is 6.23. The average Bonchev–Trinajstić information content (AvgIpc) is 3.11. The second kappa shape index (κ2) is 11.6. The third kappa shape index (κ3) is 5.26. The largest absolute Gasteiger partial charge is 0.253 e. The molecule has 4 heterocycles. The molecule has 5 heteroatoms. The van der Waals surface area contributed by atoms with Gasteiger partial charge in [-0.25, -0.2) is 15.0 Å². The van der Waals surface area contributed by atoms with Crippen LogP contribution in [0.4, 0.5) is 0 Å². The summed E-state index contributed by atoms with van der Waals surface area (Å²) in [6.45, 7) is 4.28. The highest BCUT2D eigenvalue weighted by Crippen LogP contribution is 2.35. The Hall–Kier alpha value is -5.81. The first-order valence-electron chi connectivity index (χ1n) is 15.6. The third-order valence-electron chi connectivity index (χ3n) is 8.56. The van der Waals surface area contributed by atoms with Crippen LogP contribution < -0.4 is 0 Å². The summed E-state index contributed by atoms with van der Waals surface area (Å²) in [5.41, 5.74) is 11.9. The van der Waals surface area contributed by atoms with Gasteiger partial charge in [-0.3, -0.25) is 9.97 Å². The highest BCUT2D eigenvalue weighted by Gasteiger charge is 2.16. The van der Waals surface area contributed by atoms with Crippen molar-refractivity contribution in [2.24, 2.45) is 5.92 Å². The molecule has 46 heavy (non-hydrogen) atoms. The van der Waals surface area contributed by atoms with Crippen LogP contribution in [-0.4, -0.2) is 24.9 Å². The molecule has 0 N–H and O–H groups in total. The smallest absolute Gasteiger partial charge is 0.179 e. The fourth-order valence-corrected chi connectivity index (χ4v) is 6.23.